The van der Waals surface area contributed by atoms with Crippen LogP contribution in [-0.4, -0.2) is 19.3 Å². The van der Waals surface area contributed by atoms with Gasteiger partial charge in [-0.05, 0) is 31.2 Å². The zero-order chi connectivity index (χ0) is 15.8. The third kappa shape index (κ3) is 4.97. The number of allylic oxidation sites excluding steroid dienone is 3. The molecule has 0 unspecified atom stereocenters. The van der Waals surface area contributed by atoms with Gasteiger partial charge in [-0.2, -0.15) is 4.31 Å². The maximum absolute atomic E-state index is 12.1. The van der Waals surface area contributed by atoms with E-state index in [9.17, 15) is 8.42 Å². The molecule has 0 N–H and O–H groups in total. The normalized spacial score (nSPS) is 16.0. The molecule has 0 fully saturated rings. The Hall–Kier alpha value is -1.65. The fourth-order valence-electron chi connectivity index (χ4n) is 2.49. The molecular formula is C18H23NO2S. The summed E-state index contributed by atoms with van der Waals surface area (Å²) in [6, 6.07) is 9.61. The van der Waals surface area contributed by atoms with E-state index in [1.807, 2.05) is 36.4 Å². The van der Waals surface area contributed by atoms with E-state index in [1.165, 1.54) is 22.7 Å². The zero-order valence-corrected chi connectivity index (χ0v) is 13.6. The fraction of sp³-hybridized carbons (Fsp3) is 0.333. The monoisotopic (exact) mass is 317 g/mol. The lowest BCUT2D eigenvalue weighted by Gasteiger charge is -2.18. The Morgan fingerprint density at radius 1 is 1.18 bits per heavy atom. The van der Waals surface area contributed by atoms with Gasteiger partial charge in [0.25, 0.3) is 0 Å². The second-order valence-electron chi connectivity index (χ2n) is 5.42. The van der Waals surface area contributed by atoms with E-state index in [2.05, 4.69) is 18.7 Å². The van der Waals surface area contributed by atoms with Gasteiger partial charge in [-0.3, -0.25) is 0 Å². The number of rotatable bonds is 7. The topological polar surface area (TPSA) is 37.4 Å². The average molecular weight is 317 g/mol. The highest BCUT2D eigenvalue weighted by Crippen LogP contribution is 2.18. The van der Waals surface area contributed by atoms with Crippen LogP contribution in [0.1, 0.15) is 31.2 Å². The Bertz CT molecular complexity index is 645. The molecule has 1 aliphatic rings. The fourth-order valence-corrected chi connectivity index (χ4v) is 3.32. The van der Waals surface area contributed by atoms with Gasteiger partial charge >= 0.3 is 0 Å². The van der Waals surface area contributed by atoms with Gasteiger partial charge in [-0.25, -0.2) is 8.42 Å². The Morgan fingerprint density at radius 2 is 1.95 bits per heavy atom. The second kappa shape index (κ2) is 8.11. The van der Waals surface area contributed by atoms with E-state index in [-0.39, 0.29) is 0 Å². The summed E-state index contributed by atoms with van der Waals surface area (Å²) in [5, 5.41) is 1.02. The SMILES string of the molecule is C=CS(=O)(=O)N(C/C=C\C1=CCCCC1)Cc1ccccc1. The maximum Gasteiger partial charge on any atom is 0.236 e. The predicted octanol–water partition coefficient (Wildman–Crippen LogP) is 4.02. The summed E-state index contributed by atoms with van der Waals surface area (Å²) in [7, 11) is -3.43. The van der Waals surface area contributed by atoms with Crippen molar-refractivity contribution in [1.82, 2.24) is 4.31 Å². The van der Waals surface area contributed by atoms with Crippen LogP contribution in [0.2, 0.25) is 0 Å². The first-order chi connectivity index (χ1) is 10.6. The molecule has 118 valence electrons. The second-order valence-corrected chi connectivity index (χ2v) is 7.30. The first-order valence-electron chi connectivity index (χ1n) is 7.64. The van der Waals surface area contributed by atoms with Crippen molar-refractivity contribution in [2.45, 2.75) is 32.2 Å². The van der Waals surface area contributed by atoms with Gasteiger partial charge in [0.2, 0.25) is 10.0 Å². The predicted molar refractivity (Wildman–Crippen MR) is 91.7 cm³/mol. The van der Waals surface area contributed by atoms with Gasteiger partial charge in [0.05, 0.1) is 0 Å². The summed E-state index contributed by atoms with van der Waals surface area (Å²) in [6.45, 7) is 4.15. The lowest BCUT2D eigenvalue weighted by molar-refractivity contribution is 0.445. The van der Waals surface area contributed by atoms with Crippen molar-refractivity contribution in [1.29, 1.82) is 0 Å². The van der Waals surface area contributed by atoms with Gasteiger partial charge in [0.1, 0.15) is 0 Å². The minimum Gasteiger partial charge on any atom is -0.208 e. The van der Waals surface area contributed by atoms with Crippen LogP contribution >= 0.6 is 0 Å². The molecule has 0 heterocycles. The van der Waals surface area contributed by atoms with Gasteiger partial charge in [0, 0.05) is 18.5 Å². The van der Waals surface area contributed by atoms with Crippen molar-refractivity contribution in [2.75, 3.05) is 6.54 Å². The van der Waals surface area contributed by atoms with Crippen LogP contribution in [-0.2, 0) is 16.6 Å². The summed E-state index contributed by atoms with van der Waals surface area (Å²) in [4.78, 5) is 0. The molecule has 3 nitrogen and oxygen atoms in total. The largest absolute Gasteiger partial charge is 0.236 e. The smallest absolute Gasteiger partial charge is 0.208 e. The van der Waals surface area contributed by atoms with Crippen molar-refractivity contribution in [2.24, 2.45) is 0 Å². The molecular weight excluding hydrogens is 294 g/mol. The Kier molecular flexibility index (Phi) is 6.16. The highest BCUT2D eigenvalue weighted by Gasteiger charge is 2.17. The molecule has 0 amide bonds. The third-order valence-corrected chi connectivity index (χ3v) is 5.16. The van der Waals surface area contributed by atoms with Crippen LogP contribution in [0.5, 0.6) is 0 Å². The summed E-state index contributed by atoms with van der Waals surface area (Å²) >= 11 is 0. The molecule has 1 aromatic carbocycles. The van der Waals surface area contributed by atoms with Crippen LogP contribution in [0.15, 0.2) is 66.1 Å². The molecule has 0 aromatic heterocycles. The summed E-state index contributed by atoms with van der Waals surface area (Å²) < 4.78 is 25.7. The van der Waals surface area contributed by atoms with Crippen LogP contribution in [0.3, 0.4) is 0 Å². The molecule has 2 rings (SSSR count). The van der Waals surface area contributed by atoms with Crippen LogP contribution < -0.4 is 0 Å². The minimum absolute atomic E-state index is 0.360. The number of hydrogen-bond donors (Lipinski definition) is 0. The van der Waals surface area contributed by atoms with Crippen molar-refractivity contribution in [3.8, 4) is 0 Å². The Morgan fingerprint density at radius 3 is 2.59 bits per heavy atom. The van der Waals surface area contributed by atoms with E-state index in [0.717, 1.165) is 23.8 Å². The third-order valence-electron chi connectivity index (χ3n) is 3.74. The van der Waals surface area contributed by atoms with Crippen molar-refractivity contribution < 1.29 is 8.42 Å². The quantitative estimate of drug-likeness (QED) is 0.762. The molecule has 0 saturated carbocycles. The van der Waals surface area contributed by atoms with E-state index in [0.29, 0.717) is 13.1 Å². The first-order valence-corrected chi connectivity index (χ1v) is 9.14. The molecule has 0 aliphatic heterocycles. The molecule has 4 heteroatoms. The summed E-state index contributed by atoms with van der Waals surface area (Å²) in [5.74, 6) is 0. The summed E-state index contributed by atoms with van der Waals surface area (Å²) in [6.07, 6.45) is 10.9. The van der Waals surface area contributed by atoms with Crippen molar-refractivity contribution >= 4 is 10.0 Å². The van der Waals surface area contributed by atoms with E-state index >= 15 is 0 Å². The standard InChI is InChI=1S/C18H23NO2S/c1-2-22(20,21)19(16-18-12-7-4-8-13-18)15-9-14-17-10-5-3-6-11-17/h2,4,7-10,12-14H,1,3,5-6,11,15-16H2/b14-9-. The number of nitrogens with zero attached hydrogens (tertiary/aromatic N) is 1. The van der Waals surface area contributed by atoms with Gasteiger partial charge in [0.15, 0.2) is 0 Å². The molecule has 0 spiro atoms. The van der Waals surface area contributed by atoms with Crippen molar-refractivity contribution in [3.05, 3.63) is 71.7 Å². The summed E-state index contributed by atoms with van der Waals surface area (Å²) in [5.41, 5.74) is 2.28. The number of sulfonamides is 1. The zero-order valence-electron chi connectivity index (χ0n) is 12.8. The Balaban J connectivity index is 2.06. The highest BCUT2D eigenvalue weighted by molar-refractivity contribution is 7.92. The minimum atomic E-state index is -3.43. The van der Waals surface area contributed by atoms with Gasteiger partial charge in [-0.15, -0.1) is 0 Å². The van der Waals surface area contributed by atoms with Crippen LogP contribution in [0.25, 0.3) is 0 Å². The van der Waals surface area contributed by atoms with Gasteiger partial charge in [-0.1, -0.05) is 60.7 Å². The lowest BCUT2D eigenvalue weighted by atomic mass is 9.99. The molecule has 1 aliphatic carbocycles. The van der Waals surface area contributed by atoms with E-state index in [4.69, 9.17) is 0 Å². The Labute approximate surface area is 133 Å². The lowest BCUT2D eigenvalue weighted by Crippen LogP contribution is -2.29. The highest BCUT2D eigenvalue weighted by atomic mass is 32.2. The van der Waals surface area contributed by atoms with Gasteiger partial charge < -0.3 is 0 Å². The molecule has 0 bridgehead atoms. The first kappa shape index (κ1) is 16.7. The van der Waals surface area contributed by atoms with E-state index in [1.54, 1.807) is 0 Å². The average Bonchev–Trinajstić information content (AvgIpc) is 2.56. The molecule has 0 saturated heterocycles. The van der Waals surface area contributed by atoms with E-state index < -0.39 is 10.0 Å². The van der Waals surface area contributed by atoms with Crippen molar-refractivity contribution in [3.63, 3.8) is 0 Å². The molecule has 22 heavy (non-hydrogen) atoms. The number of hydrogen-bond acceptors (Lipinski definition) is 2. The maximum atomic E-state index is 12.1. The van der Waals surface area contributed by atoms with Crippen LogP contribution in [0, 0.1) is 0 Å². The number of benzene rings is 1. The van der Waals surface area contributed by atoms with Crippen LogP contribution in [0.4, 0.5) is 0 Å². The molecule has 0 radical (unpaired) electrons. The molecule has 0 atom stereocenters. The molecule has 1 aromatic rings.